The molecule has 1 aromatic heterocycles. The molecule has 2 aromatic rings. The lowest BCUT2D eigenvalue weighted by atomic mass is 9.85. The van der Waals surface area contributed by atoms with Gasteiger partial charge >= 0.3 is 12.1 Å². The lowest BCUT2D eigenvalue weighted by molar-refractivity contribution is -0.150. The van der Waals surface area contributed by atoms with Crippen LogP contribution in [0.2, 0.25) is 0 Å². The highest BCUT2D eigenvalue weighted by molar-refractivity contribution is 5.97. The summed E-state index contributed by atoms with van der Waals surface area (Å²) in [6.07, 6.45) is 5.19. The number of allylic oxidation sites excluding steroid dienone is 1. The smallest absolute Gasteiger partial charge is 0.408 e. The Morgan fingerprint density at radius 2 is 1.92 bits per heavy atom. The van der Waals surface area contributed by atoms with Crippen LogP contribution in [0.15, 0.2) is 30.4 Å². The summed E-state index contributed by atoms with van der Waals surface area (Å²) < 4.78 is 40.2. The number of amides is 3. The predicted octanol–water partition coefficient (Wildman–Crippen LogP) is 6.35. The number of aromatic nitrogens is 1. The average molecular weight is 737 g/mol. The first-order chi connectivity index (χ1) is 25.1. The van der Waals surface area contributed by atoms with E-state index in [1.165, 1.54) is 4.90 Å². The molecule has 2 fully saturated rings. The maximum atomic E-state index is 16.9. The van der Waals surface area contributed by atoms with Crippen LogP contribution in [0.4, 0.5) is 9.18 Å². The molecule has 6 rings (SSSR count). The minimum atomic E-state index is -1.52. The summed E-state index contributed by atoms with van der Waals surface area (Å²) in [5.41, 5.74) is -1.86. The van der Waals surface area contributed by atoms with Crippen molar-refractivity contribution in [2.45, 2.75) is 134 Å². The Bertz CT molecular complexity index is 1790. The quantitative estimate of drug-likeness (QED) is 0.265. The van der Waals surface area contributed by atoms with Crippen LogP contribution in [-0.2, 0) is 23.9 Å². The minimum Gasteiger partial charge on any atom is -0.497 e. The molecule has 0 bridgehead atoms. The summed E-state index contributed by atoms with van der Waals surface area (Å²) in [5, 5.41) is 6.31. The highest BCUT2D eigenvalue weighted by Gasteiger charge is 2.63. The molecule has 3 aliphatic heterocycles. The van der Waals surface area contributed by atoms with E-state index in [0.717, 1.165) is 19.3 Å². The number of esters is 1. The van der Waals surface area contributed by atoms with Gasteiger partial charge in [0.15, 0.2) is 0 Å². The summed E-state index contributed by atoms with van der Waals surface area (Å²) in [5.74, 6) is -1.17. The number of hydrogen-bond donors (Lipinski definition) is 2. The van der Waals surface area contributed by atoms with Crippen molar-refractivity contribution in [2.24, 2.45) is 5.92 Å². The molecule has 1 spiro atoms. The molecule has 288 valence electrons. The number of benzene rings is 1. The van der Waals surface area contributed by atoms with Gasteiger partial charge in [-0.3, -0.25) is 9.59 Å². The fourth-order valence-corrected chi connectivity index (χ4v) is 8.00. The first-order valence-electron chi connectivity index (χ1n) is 18.9. The van der Waals surface area contributed by atoms with Gasteiger partial charge < -0.3 is 34.5 Å². The van der Waals surface area contributed by atoms with E-state index in [9.17, 15) is 19.2 Å². The third kappa shape index (κ3) is 7.80. The number of ether oxygens (including phenoxy) is 4. The number of pyridine rings is 1. The van der Waals surface area contributed by atoms with Gasteiger partial charge in [0, 0.05) is 29.7 Å². The predicted molar refractivity (Wildman–Crippen MR) is 195 cm³/mol. The van der Waals surface area contributed by atoms with Crippen LogP contribution in [0.25, 0.3) is 10.9 Å². The van der Waals surface area contributed by atoms with Gasteiger partial charge in [-0.2, -0.15) is 0 Å². The third-order valence-corrected chi connectivity index (χ3v) is 10.6. The van der Waals surface area contributed by atoms with Crippen molar-refractivity contribution >= 4 is 34.8 Å². The molecule has 1 aliphatic carbocycles. The number of hydrogen-bond acceptors (Lipinski definition) is 9. The number of alkyl carbamates (subject to hydrolysis) is 1. The Morgan fingerprint density at radius 1 is 1.15 bits per heavy atom. The first kappa shape index (κ1) is 38.3. The molecule has 3 amide bonds. The molecule has 12 nitrogen and oxygen atoms in total. The maximum absolute atomic E-state index is 16.9. The first-order valence-corrected chi connectivity index (χ1v) is 18.9. The largest absolute Gasteiger partial charge is 0.497 e. The van der Waals surface area contributed by atoms with Gasteiger partial charge in [0.1, 0.15) is 46.5 Å². The van der Waals surface area contributed by atoms with Crippen LogP contribution in [-0.4, -0.2) is 82.8 Å². The number of rotatable bonds is 5. The highest BCUT2D eigenvalue weighted by Crippen LogP contribution is 2.52. The molecule has 4 aliphatic rings. The second-order valence-electron chi connectivity index (χ2n) is 16.2. The van der Waals surface area contributed by atoms with Crippen molar-refractivity contribution in [3.8, 4) is 11.5 Å². The minimum absolute atomic E-state index is 0.0450. The van der Waals surface area contributed by atoms with Crippen LogP contribution in [0.5, 0.6) is 11.5 Å². The molecule has 1 saturated heterocycles. The zero-order chi connectivity index (χ0) is 38.3. The summed E-state index contributed by atoms with van der Waals surface area (Å²) in [6.45, 7) is 10.8. The third-order valence-electron chi connectivity index (χ3n) is 10.6. The van der Waals surface area contributed by atoms with Crippen LogP contribution in [0, 0.1) is 5.92 Å². The molecule has 1 aromatic carbocycles. The summed E-state index contributed by atoms with van der Waals surface area (Å²) in [4.78, 5) is 61.9. The second kappa shape index (κ2) is 14.8. The summed E-state index contributed by atoms with van der Waals surface area (Å²) >= 11 is 0. The van der Waals surface area contributed by atoms with Crippen LogP contribution < -0.4 is 20.1 Å². The Labute approximate surface area is 310 Å². The van der Waals surface area contributed by atoms with Gasteiger partial charge in [-0.1, -0.05) is 38.8 Å². The zero-order valence-corrected chi connectivity index (χ0v) is 31.9. The fraction of sp³-hybridized carbons (Fsp3) is 0.625. The molecule has 0 unspecified atom stereocenters. The lowest BCUT2D eigenvalue weighted by Gasteiger charge is -2.39. The summed E-state index contributed by atoms with van der Waals surface area (Å²) in [7, 11) is 1.54. The number of nitrogens with zero attached hydrogens (tertiary/aromatic N) is 2. The second-order valence-corrected chi connectivity index (χ2v) is 16.2. The Balaban J connectivity index is 1.41. The van der Waals surface area contributed by atoms with E-state index >= 15 is 4.39 Å². The molecular weight excluding hydrogens is 683 g/mol. The van der Waals surface area contributed by atoms with Crippen LogP contribution in [0.3, 0.4) is 0 Å². The zero-order valence-electron chi connectivity index (χ0n) is 31.9. The molecule has 2 N–H and O–H groups in total. The Morgan fingerprint density at radius 3 is 2.62 bits per heavy atom. The van der Waals surface area contributed by atoms with Crippen molar-refractivity contribution in [2.75, 3.05) is 20.3 Å². The Hall–Kier alpha value is -4.42. The maximum Gasteiger partial charge on any atom is 0.408 e. The van der Waals surface area contributed by atoms with E-state index in [4.69, 9.17) is 23.9 Å². The van der Waals surface area contributed by atoms with Gasteiger partial charge in [-0.25, -0.2) is 19.0 Å². The van der Waals surface area contributed by atoms with E-state index in [1.807, 2.05) is 26.0 Å². The van der Waals surface area contributed by atoms with E-state index in [-0.39, 0.29) is 37.8 Å². The number of halogens is 1. The van der Waals surface area contributed by atoms with E-state index in [2.05, 4.69) is 10.6 Å². The number of nitrogens with one attached hydrogen (secondary N) is 2. The monoisotopic (exact) mass is 736 g/mol. The summed E-state index contributed by atoms with van der Waals surface area (Å²) in [6, 6.07) is 3.16. The normalized spacial score (nSPS) is 29.5. The number of carbonyl (C=O) groups excluding carboxylic acids is 4. The van der Waals surface area contributed by atoms with Crippen molar-refractivity contribution in [3.05, 3.63) is 41.6 Å². The number of fused-ring (bicyclic) bond motifs is 5. The van der Waals surface area contributed by atoms with Crippen molar-refractivity contribution < 1.29 is 42.5 Å². The van der Waals surface area contributed by atoms with Gasteiger partial charge in [0.05, 0.1) is 31.5 Å². The van der Waals surface area contributed by atoms with E-state index in [0.29, 0.717) is 52.9 Å². The highest BCUT2D eigenvalue weighted by atomic mass is 19.1. The van der Waals surface area contributed by atoms with Crippen molar-refractivity contribution in [1.29, 1.82) is 0 Å². The van der Waals surface area contributed by atoms with E-state index < -0.39 is 58.9 Å². The average Bonchev–Trinajstić information content (AvgIpc) is 3.66. The molecule has 4 heterocycles. The van der Waals surface area contributed by atoms with Gasteiger partial charge in [-0.05, 0) is 77.5 Å². The van der Waals surface area contributed by atoms with Gasteiger partial charge in [0.2, 0.25) is 11.8 Å². The lowest BCUT2D eigenvalue weighted by Crippen LogP contribution is -2.57. The van der Waals surface area contributed by atoms with Crippen LogP contribution in [0.1, 0.15) is 116 Å². The van der Waals surface area contributed by atoms with E-state index in [1.54, 1.807) is 53.0 Å². The van der Waals surface area contributed by atoms with Crippen LogP contribution >= 0.6 is 0 Å². The fourth-order valence-electron chi connectivity index (χ4n) is 8.00. The van der Waals surface area contributed by atoms with Crippen molar-refractivity contribution in [1.82, 2.24) is 20.5 Å². The standard InChI is InChI=1S/C40H53FN4O8/c1-8-51-36(48)40-19-24(40)14-12-10-9-11-13-15-29(43-37(49)53-38(4,5)6)35(47)45-22-39(21-30(45)34(46)44-40)20-27(41)31-26-18-25(50-7)16-17-28(26)42-32(23(2)3)33(31)52-39/h12,14,16-18,23-24,27,29-30H,8-11,13,15,19-22H2,1-7H3,(H,43,49)(H,44,46)/b14-12-/t24-,27+,29+,30+,39-,40-/m1/s1. The molecule has 13 heteroatoms. The van der Waals surface area contributed by atoms with Crippen molar-refractivity contribution in [3.63, 3.8) is 0 Å². The van der Waals surface area contributed by atoms with Gasteiger partial charge in [0.25, 0.3) is 0 Å². The molecule has 0 radical (unpaired) electrons. The Kier molecular flexibility index (Phi) is 10.7. The van der Waals surface area contributed by atoms with Gasteiger partial charge in [-0.15, -0.1) is 0 Å². The number of methoxy groups -OCH3 is 1. The topological polar surface area (TPSA) is 145 Å². The molecule has 6 atom stereocenters. The molecule has 53 heavy (non-hydrogen) atoms. The molecule has 1 saturated carbocycles. The number of carbonyl (C=O) groups is 4. The SMILES string of the molecule is CCOC(=O)[C@@]12C[C@H]1/C=C\CCCCC[C@H](NC(=O)OC(C)(C)C)C(=O)N1C[C@@]3(C[C@H](F)c4c(c(C(C)C)nc5ccc(OC)cc45)O3)C[C@H]1C(=O)N2. The molecular formula is C40H53FN4O8. The number of alkyl halides is 1.